The van der Waals surface area contributed by atoms with Crippen LogP contribution in [0.3, 0.4) is 0 Å². The van der Waals surface area contributed by atoms with Gasteiger partial charge in [-0.25, -0.2) is 22.3 Å². The number of rotatable bonds is 5. The SMILES string of the molecule is O=C(O)c1cccc(C(=O)N2CCC[C@@H](NS(=O)(=O)c3cccc(F)c3)C2)c1. The van der Waals surface area contributed by atoms with Crippen LogP contribution in [0.1, 0.15) is 33.6 Å². The van der Waals surface area contributed by atoms with Crippen molar-refractivity contribution in [2.24, 2.45) is 0 Å². The maximum atomic E-state index is 13.3. The number of carboxylic acid groups (broad SMARTS) is 1. The Balaban J connectivity index is 1.72. The Morgan fingerprint density at radius 2 is 1.82 bits per heavy atom. The molecule has 3 rings (SSSR count). The van der Waals surface area contributed by atoms with Crippen LogP contribution in [0.25, 0.3) is 0 Å². The van der Waals surface area contributed by atoms with Gasteiger partial charge in [0.05, 0.1) is 10.5 Å². The first-order valence-electron chi connectivity index (χ1n) is 8.67. The van der Waals surface area contributed by atoms with E-state index in [0.717, 1.165) is 12.1 Å². The zero-order chi connectivity index (χ0) is 20.3. The summed E-state index contributed by atoms with van der Waals surface area (Å²) in [7, 11) is -3.92. The Kier molecular flexibility index (Phi) is 5.76. The molecule has 0 saturated carbocycles. The fourth-order valence-corrected chi connectivity index (χ4v) is 4.44. The molecule has 9 heteroatoms. The number of amides is 1. The molecule has 0 aliphatic carbocycles. The molecule has 1 saturated heterocycles. The van der Waals surface area contributed by atoms with Crippen LogP contribution < -0.4 is 4.72 Å². The van der Waals surface area contributed by atoms with Gasteiger partial charge in [-0.2, -0.15) is 0 Å². The van der Waals surface area contributed by atoms with Crippen LogP contribution in [0.5, 0.6) is 0 Å². The number of sulfonamides is 1. The molecule has 1 atom stereocenters. The van der Waals surface area contributed by atoms with Crippen molar-refractivity contribution >= 4 is 21.9 Å². The van der Waals surface area contributed by atoms with Gasteiger partial charge in [-0.3, -0.25) is 4.79 Å². The van der Waals surface area contributed by atoms with Crippen molar-refractivity contribution in [3.8, 4) is 0 Å². The first-order chi connectivity index (χ1) is 13.3. The number of nitrogens with zero attached hydrogens (tertiary/aromatic N) is 1. The van der Waals surface area contributed by atoms with Crippen molar-refractivity contribution in [1.82, 2.24) is 9.62 Å². The van der Waals surface area contributed by atoms with Crippen LogP contribution in [-0.2, 0) is 10.0 Å². The second-order valence-corrected chi connectivity index (χ2v) is 8.27. The van der Waals surface area contributed by atoms with Crippen molar-refractivity contribution in [2.75, 3.05) is 13.1 Å². The molecule has 2 aromatic rings. The topological polar surface area (TPSA) is 104 Å². The molecule has 0 spiro atoms. The number of aromatic carboxylic acids is 1. The predicted molar refractivity (Wildman–Crippen MR) is 99.0 cm³/mol. The summed E-state index contributed by atoms with van der Waals surface area (Å²) in [5.74, 6) is -2.14. The molecule has 148 valence electrons. The van der Waals surface area contributed by atoms with Crippen molar-refractivity contribution in [2.45, 2.75) is 23.8 Å². The van der Waals surface area contributed by atoms with Gasteiger partial charge in [-0.1, -0.05) is 12.1 Å². The van der Waals surface area contributed by atoms with E-state index in [0.29, 0.717) is 19.4 Å². The minimum Gasteiger partial charge on any atom is -0.478 e. The number of carboxylic acids is 1. The molecule has 7 nitrogen and oxygen atoms in total. The molecule has 28 heavy (non-hydrogen) atoms. The largest absolute Gasteiger partial charge is 0.478 e. The van der Waals surface area contributed by atoms with Gasteiger partial charge in [0.25, 0.3) is 5.91 Å². The summed E-state index contributed by atoms with van der Waals surface area (Å²) >= 11 is 0. The van der Waals surface area contributed by atoms with E-state index in [2.05, 4.69) is 4.72 Å². The molecule has 2 aromatic carbocycles. The highest BCUT2D eigenvalue weighted by Crippen LogP contribution is 2.18. The van der Waals surface area contributed by atoms with E-state index in [1.807, 2.05) is 0 Å². The van der Waals surface area contributed by atoms with E-state index in [-0.39, 0.29) is 28.5 Å². The average molecular weight is 406 g/mol. The van der Waals surface area contributed by atoms with Crippen molar-refractivity contribution in [1.29, 1.82) is 0 Å². The van der Waals surface area contributed by atoms with Crippen LogP contribution >= 0.6 is 0 Å². The highest BCUT2D eigenvalue weighted by molar-refractivity contribution is 7.89. The number of likely N-dealkylation sites (tertiary alicyclic amines) is 1. The molecule has 1 heterocycles. The zero-order valence-corrected chi connectivity index (χ0v) is 15.7. The predicted octanol–water partition coefficient (Wildman–Crippen LogP) is 2.11. The normalized spacial score (nSPS) is 17.3. The minimum absolute atomic E-state index is 0.00576. The maximum absolute atomic E-state index is 13.3. The maximum Gasteiger partial charge on any atom is 0.335 e. The lowest BCUT2D eigenvalue weighted by atomic mass is 10.0. The van der Waals surface area contributed by atoms with Crippen molar-refractivity contribution in [3.63, 3.8) is 0 Å². The lowest BCUT2D eigenvalue weighted by molar-refractivity contribution is 0.0696. The first-order valence-corrected chi connectivity index (χ1v) is 10.1. The third-order valence-electron chi connectivity index (χ3n) is 4.49. The number of benzene rings is 2. The van der Waals surface area contributed by atoms with Crippen molar-refractivity contribution in [3.05, 3.63) is 65.5 Å². The zero-order valence-electron chi connectivity index (χ0n) is 14.8. The van der Waals surface area contributed by atoms with Gasteiger partial charge in [0.2, 0.25) is 10.0 Å². The van der Waals surface area contributed by atoms with Gasteiger partial charge in [0.15, 0.2) is 0 Å². The molecule has 2 N–H and O–H groups in total. The molecule has 1 aliphatic rings. The Hall–Kier alpha value is -2.78. The summed E-state index contributed by atoms with van der Waals surface area (Å²) < 4.78 is 40.8. The standard InChI is InChI=1S/C19H19FN2O5S/c20-15-6-2-8-17(11-15)28(26,27)21-16-7-3-9-22(12-16)18(23)13-4-1-5-14(10-13)19(24)25/h1-2,4-6,8,10-11,16,21H,3,7,9,12H2,(H,24,25)/t16-/m1/s1. The Morgan fingerprint density at radius 3 is 2.54 bits per heavy atom. The number of halogens is 1. The number of hydrogen-bond donors (Lipinski definition) is 2. The number of carbonyl (C=O) groups is 2. The van der Waals surface area contributed by atoms with Crippen LogP contribution in [0, 0.1) is 5.82 Å². The van der Waals surface area contributed by atoms with Crippen LogP contribution in [0.2, 0.25) is 0 Å². The highest BCUT2D eigenvalue weighted by Gasteiger charge is 2.28. The summed E-state index contributed by atoms with van der Waals surface area (Å²) in [5, 5.41) is 9.07. The first kappa shape index (κ1) is 20.0. The summed E-state index contributed by atoms with van der Waals surface area (Å²) in [6, 6.07) is 9.89. The smallest absolute Gasteiger partial charge is 0.335 e. The van der Waals surface area contributed by atoms with Gasteiger partial charge in [-0.05, 0) is 49.2 Å². The van der Waals surface area contributed by atoms with Crippen molar-refractivity contribution < 1.29 is 27.5 Å². The molecule has 0 aromatic heterocycles. The third-order valence-corrected chi connectivity index (χ3v) is 6.01. The van der Waals surface area contributed by atoms with E-state index in [4.69, 9.17) is 5.11 Å². The lowest BCUT2D eigenvalue weighted by Gasteiger charge is -2.33. The Morgan fingerprint density at radius 1 is 1.11 bits per heavy atom. The van der Waals surface area contributed by atoms with Gasteiger partial charge >= 0.3 is 5.97 Å². The molecule has 0 radical (unpaired) electrons. The number of hydrogen-bond acceptors (Lipinski definition) is 4. The lowest BCUT2D eigenvalue weighted by Crippen LogP contribution is -2.49. The quantitative estimate of drug-likeness (QED) is 0.792. The average Bonchev–Trinajstić information content (AvgIpc) is 2.67. The fraction of sp³-hybridized carbons (Fsp3) is 0.263. The second-order valence-electron chi connectivity index (χ2n) is 6.55. The number of nitrogens with one attached hydrogen (secondary N) is 1. The van der Waals surface area contributed by atoms with Gasteiger partial charge in [-0.15, -0.1) is 0 Å². The molecule has 1 amide bonds. The molecule has 1 fully saturated rings. The number of carbonyl (C=O) groups excluding carboxylic acids is 1. The third kappa shape index (κ3) is 4.55. The van der Waals surface area contributed by atoms with E-state index < -0.39 is 27.9 Å². The van der Waals surface area contributed by atoms with E-state index in [9.17, 15) is 22.4 Å². The molecular weight excluding hydrogens is 387 g/mol. The van der Waals surface area contributed by atoms with Gasteiger partial charge < -0.3 is 10.0 Å². The molecular formula is C19H19FN2O5S. The fourth-order valence-electron chi connectivity index (χ4n) is 3.15. The van der Waals surface area contributed by atoms with Crippen LogP contribution in [0.15, 0.2) is 53.4 Å². The van der Waals surface area contributed by atoms with Gasteiger partial charge in [0, 0.05) is 24.7 Å². The molecule has 1 aliphatic heterocycles. The summed E-state index contributed by atoms with van der Waals surface area (Å²) in [6.45, 7) is 0.582. The van der Waals surface area contributed by atoms with E-state index in [1.54, 1.807) is 0 Å². The minimum atomic E-state index is -3.92. The van der Waals surface area contributed by atoms with E-state index in [1.165, 1.54) is 41.3 Å². The highest BCUT2D eigenvalue weighted by atomic mass is 32.2. The monoisotopic (exact) mass is 406 g/mol. The summed E-state index contributed by atoms with van der Waals surface area (Å²) in [4.78, 5) is 25.1. The molecule has 0 bridgehead atoms. The van der Waals surface area contributed by atoms with E-state index >= 15 is 0 Å². The Bertz CT molecular complexity index is 1010. The molecule has 0 unspecified atom stereocenters. The van der Waals surface area contributed by atoms with Crippen LogP contribution in [-0.4, -0.2) is 49.4 Å². The van der Waals surface area contributed by atoms with Gasteiger partial charge in [0.1, 0.15) is 5.82 Å². The Labute approximate surface area is 161 Å². The van der Waals surface area contributed by atoms with Crippen LogP contribution in [0.4, 0.5) is 4.39 Å². The summed E-state index contributed by atoms with van der Waals surface area (Å²) in [6.07, 6.45) is 1.12. The number of piperidine rings is 1. The second kappa shape index (κ2) is 8.07. The summed E-state index contributed by atoms with van der Waals surface area (Å²) in [5.41, 5.74) is 0.236.